The van der Waals surface area contributed by atoms with Crippen LogP contribution in [0.5, 0.6) is 0 Å². The van der Waals surface area contributed by atoms with Crippen molar-refractivity contribution in [3.05, 3.63) is 23.9 Å². The van der Waals surface area contributed by atoms with Gasteiger partial charge in [-0.1, -0.05) is 13.8 Å². The van der Waals surface area contributed by atoms with Crippen molar-refractivity contribution in [1.29, 1.82) is 0 Å². The Morgan fingerprint density at radius 2 is 2.13 bits per heavy atom. The summed E-state index contributed by atoms with van der Waals surface area (Å²) in [7, 11) is 0. The zero-order valence-corrected chi connectivity index (χ0v) is 9.70. The molecule has 2 heterocycles. The molecule has 0 spiro atoms. The topological polar surface area (TPSA) is 42.2 Å². The Morgan fingerprint density at radius 3 is 2.67 bits per heavy atom. The Kier molecular flexibility index (Phi) is 2.43. The second-order valence-corrected chi connectivity index (χ2v) is 4.94. The van der Waals surface area contributed by atoms with Crippen molar-refractivity contribution >= 4 is 5.82 Å². The summed E-state index contributed by atoms with van der Waals surface area (Å²) >= 11 is 0. The number of nitrogens with zero attached hydrogens (tertiary/aromatic N) is 2. The summed E-state index contributed by atoms with van der Waals surface area (Å²) in [5.41, 5.74) is 7.47. The molecule has 0 bridgehead atoms. The number of pyridine rings is 1. The molecule has 0 saturated carbocycles. The van der Waals surface area contributed by atoms with Gasteiger partial charge in [0.05, 0.1) is 5.54 Å². The number of hydrogen-bond acceptors (Lipinski definition) is 3. The third-order valence-electron chi connectivity index (χ3n) is 3.35. The largest absolute Gasteiger partial charge is 0.353 e. The number of hydrogen-bond donors (Lipinski definition) is 1. The number of nitrogens with two attached hydrogens (primary N) is 1. The number of aryl methyl sites for hydroxylation is 1. The Hall–Kier alpha value is -1.09. The molecular weight excluding hydrogens is 186 g/mol. The summed E-state index contributed by atoms with van der Waals surface area (Å²) in [6, 6.07) is 4.13. The molecule has 1 saturated heterocycles. The van der Waals surface area contributed by atoms with Gasteiger partial charge >= 0.3 is 0 Å². The monoisotopic (exact) mass is 205 g/mol. The molecule has 0 aromatic carbocycles. The lowest BCUT2D eigenvalue weighted by Gasteiger charge is -2.51. The first kappa shape index (κ1) is 10.4. The molecule has 1 aromatic rings. The summed E-state index contributed by atoms with van der Waals surface area (Å²) in [5.74, 6) is 1.58. The van der Waals surface area contributed by atoms with Crippen LogP contribution in [0.4, 0.5) is 5.82 Å². The highest BCUT2D eigenvalue weighted by molar-refractivity contribution is 5.46. The number of anilines is 1. The van der Waals surface area contributed by atoms with Crippen LogP contribution in [-0.2, 0) is 0 Å². The van der Waals surface area contributed by atoms with E-state index in [1.165, 1.54) is 5.56 Å². The first-order chi connectivity index (χ1) is 7.01. The van der Waals surface area contributed by atoms with E-state index < -0.39 is 0 Å². The van der Waals surface area contributed by atoms with Crippen LogP contribution < -0.4 is 10.6 Å². The molecular formula is C12H19N3. The van der Waals surface area contributed by atoms with E-state index >= 15 is 0 Å². The third kappa shape index (κ3) is 1.84. The number of rotatable bonds is 2. The Balaban J connectivity index is 2.06. The van der Waals surface area contributed by atoms with Gasteiger partial charge in [0.15, 0.2) is 0 Å². The minimum Gasteiger partial charge on any atom is -0.353 e. The maximum Gasteiger partial charge on any atom is 0.128 e. The van der Waals surface area contributed by atoms with Crippen LogP contribution in [0.15, 0.2) is 18.3 Å². The quantitative estimate of drug-likeness (QED) is 0.796. The van der Waals surface area contributed by atoms with Crippen molar-refractivity contribution in [2.75, 3.05) is 18.0 Å². The van der Waals surface area contributed by atoms with E-state index in [1.54, 1.807) is 0 Å². The van der Waals surface area contributed by atoms with Crippen LogP contribution in [0.1, 0.15) is 19.4 Å². The molecule has 1 aliphatic rings. The maximum atomic E-state index is 6.24. The van der Waals surface area contributed by atoms with Crippen molar-refractivity contribution in [2.45, 2.75) is 26.3 Å². The van der Waals surface area contributed by atoms with E-state index in [2.05, 4.69) is 36.7 Å². The fraction of sp³-hybridized carbons (Fsp3) is 0.583. The summed E-state index contributed by atoms with van der Waals surface area (Å²) < 4.78 is 0. The predicted octanol–water partition coefficient (Wildman–Crippen LogP) is 1.56. The highest BCUT2D eigenvalue weighted by atomic mass is 15.3. The van der Waals surface area contributed by atoms with E-state index in [1.807, 2.05) is 12.3 Å². The number of aromatic nitrogens is 1. The molecule has 3 nitrogen and oxygen atoms in total. The van der Waals surface area contributed by atoms with Crippen LogP contribution in [-0.4, -0.2) is 23.6 Å². The molecule has 15 heavy (non-hydrogen) atoms. The van der Waals surface area contributed by atoms with Crippen LogP contribution in [0.3, 0.4) is 0 Å². The molecule has 1 aromatic heterocycles. The van der Waals surface area contributed by atoms with Crippen LogP contribution in [0.25, 0.3) is 0 Å². The van der Waals surface area contributed by atoms with E-state index in [0.717, 1.165) is 18.9 Å². The summed E-state index contributed by atoms with van der Waals surface area (Å²) in [4.78, 5) is 6.60. The van der Waals surface area contributed by atoms with Crippen LogP contribution >= 0.6 is 0 Å². The van der Waals surface area contributed by atoms with Gasteiger partial charge in [0, 0.05) is 19.3 Å². The van der Waals surface area contributed by atoms with Gasteiger partial charge in [0.2, 0.25) is 0 Å². The zero-order valence-electron chi connectivity index (χ0n) is 9.70. The summed E-state index contributed by atoms with van der Waals surface area (Å²) in [6.07, 6.45) is 1.86. The molecule has 0 atom stereocenters. The van der Waals surface area contributed by atoms with Gasteiger partial charge in [0.1, 0.15) is 5.82 Å². The minimum absolute atomic E-state index is 0.0224. The smallest absolute Gasteiger partial charge is 0.128 e. The first-order valence-electron chi connectivity index (χ1n) is 5.48. The highest BCUT2D eigenvalue weighted by Crippen LogP contribution is 2.29. The Labute approximate surface area is 91.3 Å². The normalized spacial score (nSPS) is 19.1. The van der Waals surface area contributed by atoms with Gasteiger partial charge in [-0.15, -0.1) is 0 Å². The van der Waals surface area contributed by atoms with Crippen molar-refractivity contribution in [2.24, 2.45) is 11.7 Å². The molecule has 0 unspecified atom stereocenters. The molecule has 3 heteroatoms. The Bertz CT molecular complexity index is 354. The molecule has 1 fully saturated rings. The van der Waals surface area contributed by atoms with E-state index in [0.29, 0.717) is 5.92 Å². The maximum absolute atomic E-state index is 6.24. The molecule has 0 amide bonds. The van der Waals surface area contributed by atoms with Gasteiger partial charge in [-0.2, -0.15) is 0 Å². The fourth-order valence-electron chi connectivity index (χ4n) is 1.88. The first-order valence-corrected chi connectivity index (χ1v) is 5.48. The molecule has 82 valence electrons. The third-order valence-corrected chi connectivity index (χ3v) is 3.35. The van der Waals surface area contributed by atoms with Crippen LogP contribution in [0, 0.1) is 12.8 Å². The highest BCUT2D eigenvalue weighted by Gasteiger charge is 2.42. The molecule has 2 N–H and O–H groups in total. The molecule has 0 aliphatic carbocycles. The van der Waals surface area contributed by atoms with E-state index in [-0.39, 0.29) is 5.54 Å². The fourth-order valence-corrected chi connectivity index (χ4v) is 1.88. The summed E-state index contributed by atoms with van der Waals surface area (Å²) in [5, 5.41) is 0. The van der Waals surface area contributed by atoms with Crippen LogP contribution in [0.2, 0.25) is 0 Å². The van der Waals surface area contributed by atoms with E-state index in [9.17, 15) is 0 Å². The van der Waals surface area contributed by atoms with Crippen molar-refractivity contribution in [1.82, 2.24) is 4.98 Å². The molecule has 0 radical (unpaired) electrons. The zero-order chi connectivity index (χ0) is 11.1. The van der Waals surface area contributed by atoms with Crippen molar-refractivity contribution in [3.8, 4) is 0 Å². The molecule has 1 aliphatic heterocycles. The Morgan fingerprint density at radius 1 is 1.47 bits per heavy atom. The van der Waals surface area contributed by atoms with Gasteiger partial charge in [-0.25, -0.2) is 4.98 Å². The average Bonchev–Trinajstić information content (AvgIpc) is 2.12. The van der Waals surface area contributed by atoms with Gasteiger partial charge in [-0.05, 0) is 30.5 Å². The van der Waals surface area contributed by atoms with Crippen molar-refractivity contribution in [3.63, 3.8) is 0 Å². The standard InChI is InChI=1S/C12H19N3/c1-9(2)12(13)7-15(8-12)11-6-10(3)4-5-14-11/h4-6,9H,7-8,13H2,1-3H3. The lowest BCUT2D eigenvalue weighted by Crippen LogP contribution is -2.70. The lowest BCUT2D eigenvalue weighted by atomic mass is 9.80. The van der Waals surface area contributed by atoms with Crippen molar-refractivity contribution < 1.29 is 0 Å². The minimum atomic E-state index is -0.0224. The second-order valence-electron chi connectivity index (χ2n) is 4.94. The second kappa shape index (κ2) is 3.49. The van der Waals surface area contributed by atoms with Gasteiger partial charge in [0.25, 0.3) is 0 Å². The summed E-state index contributed by atoms with van der Waals surface area (Å²) in [6.45, 7) is 8.29. The van der Waals surface area contributed by atoms with Gasteiger partial charge in [-0.3, -0.25) is 0 Å². The average molecular weight is 205 g/mol. The molecule has 2 rings (SSSR count). The lowest BCUT2D eigenvalue weighted by molar-refractivity contribution is 0.243. The SMILES string of the molecule is Cc1ccnc(N2CC(N)(C(C)C)C2)c1. The van der Waals surface area contributed by atoms with Gasteiger partial charge < -0.3 is 10.6 Å². The predicted molar refractivity (Wildman–Crippen MR) is 62.9 cm³/mol. The van der Waals surface area contributed by atoms with E-state index in [4.69, 9.17) is 5.73 Å².